The Balaban J connectivity index is 1.84. The number of carbonyl (C=O) groups is 2. The Kier molecular flexibility index (Phi) is 4.68. The predicted molar refractivity (Wildman–Crippen MR) is 78.2 cm³/mol. The van der Waals surface area contributed by atoms with Crippen LogP contribution in [-0.2, 0) is 9.59 Å². The predicted octanol–water partition coefficient (Wildman–Crippen LogP) is 0.703. The van der Waals surface area contributed by atoms with Crippen LogP contribution in [0.3, 0.4) is 0 Å². The first-order chi connectivity index (χ1) is 9.39. The van der Waals surface area contributed by atoms with E-state index in [2.05, 4.69) is 5.32 Å². The number of hydrogen-bond donors (Lipinski definition) is 1. The van der Waals surface area contributed by atoms with E-state index >= 15 is 0 Å². The van der Waals surface area contributed by atoms with Crippen LogP contribution in [0.5, 0.6) is 0 Å². The summed E-state index contributed by atoms with van der Waals surface area (Å²) < 4.78 is 0. The molecule has 0 atom stereocenters. The monoisotopic (exact) mass is 281 g/mol. The molecule has 114 valence electrons. The van der Waals surface area contributed by atoms with Crippen LogP contribution in [0.25, 0.3) is 0 Å². The van der Waals surface area contributed by atoms with Gasteiger partial charge in [0.2, 0.25) is 11.8 Å². The van der Waals surface area contributed by atoms with Crippen molar-refractivity contribution in [3.05, 3.63) is 0 Å². The van der Waals surface area contributed by atoms with Crippen LogP contribution in [0.1, 0.15) is 33.6 Å². The summed E-state index contributed by atoms with van der Waals surface area (Å²) in [5.74, 6) is 0.655. The van der Waals surface area contributed by atoms with E-state index in [9.17, 15) is 9.59 Å². The SMILES string of the molecule is CC(C)(C)C(=O)N1CCN(C(=O)C2CCNCC2)CC1. The first kappa shape index (κ1) is 15.3. The second-order valence-electron chi connectivity index (χ2n) is 6.89. The van der Waals surface area contributed by atoms with Crippen LogP contribution in [0, 0.1) is 11.3 Å². The van der Waals surface area contributed by atoms with Gasteiger partial charge in [-0.3, -0.25) is 9.59 Å². The molecule has 0 saturated carbocycles. The molecule has 0 aromatic carbocycles. The van der Waals surface area contributed by atoms with Crippen LogP contribution in [0.2, 0.25) is 0 Å². The lowest BCUT2D eigenvalue weighted by Gasteiger charge is -2.39. The van der Waals surface area contributed by atoms with Gasteiger partial charge in [0.05, 0.1) is 0 Å². The molecule has 2 saturated heterocycles. The molecular formula is C15H27N3O2. The third kappa shape index (κ3) is 3.51. The lowest BCUT2D eigenvalue weighted by Crippen LogP contribution is -2.54. The molecule has 0 aliphatic carbocycles. The van der Waals surface area contributed by atoms with Gasteiger partial charge in [-0.2, -0.15) is 0 Å². The fourth-order valence-electron chi connectivity index (χ4n) is 2.93. The summed E-state index contributed by atoms with van der Waals surface area (Å²) in [7, 11) is 0. The van der Waals surface area contributed by atoms with Gasteiger partial charge >= 0.3 is 0 Å². The fourth-order valence-corrected chi connectivity index (χ4v) is 2.93. The molecule has 0 spiro atoms. The Morgan fingerprint density at radius 1 is 0.950 bits per heavy atom. The molecule has 2 aliphatic rings. The average Bonchev–Trinajstić information content (AvgIpc) is 2.46. The number of nitrogens with one attached hydrogen (secondary N) is 1. The molecule has 2 heterocycles. The maximum atomic E-state index is 12.4. The van der Waals surface area contributed by atoms with E-state index in [1.165, 1.54) is 0 Å². The van der Waals surface area contributed by atoms with Gasteiger partial charge < -0.3 is 15.1 Å². The van der Waals surface area contributed by atoms with Crippen LogP contribution >= 0.6 is 0 Å². The maximum absolute atomic E-state index is 12.4. The highest BCUT2D eigenvalue weighted by atomic mass is 16.2. The van der Waals surface area contributed by atoms with Gasteiger partial charge in [0.1, 0.15) is 0 Å². The van der Waals surface area contributed by atoms with Crippen molar-refractivity contribution in [1.82, 2.24) is 15.1 Å². The highest BCUT2D eigenvalue weighted by molar-refractivity contribution is 5.82. The minimum atomic E-state index is -0.332. The zero-order valence-corrected chi connectivity index (χ0v) is 12.9. The largest absolute Gasteiger partial charge is 0.339 e. The Bertz CT molecular complexity index is 362. The minimum Gasteiger partial charge on any atom is -0.339 e. The van der Waals surface area contributed by atoms with Crippen LogP contribution in [0.15, 0.2) is 0 Å². The summed E-state index contributed by atoms with van der Waals surface area (Å²) >= 11 is 0. The zero-order valence-electron chi connectivity index (χ0n) is 12.9. The standard InChI is InChI=1S/C15H27N3O2/c1-15(2,3)14(20)18-10-8-17(9-11-18)13(19)12-4-6-16-7-5-12/h12,16H,4-11H2,1-3H3. The molecule has 0 aromatic rings. The summed E-state index contributed by atoms with van der Waals surface area (Å²) in [5.41, 5.74) is -0.332. The lowest BCUT2D eigenvalue weighted by molar-refractivity contribution is -0.146. The van der Waals surface area contributed by atoms with Gasteiger partial charge in [0.15, 0.2) is 0 Å². The number of carbonyl (C=O) groups excluding carboxylic acids is 2. The topological polar surface area (TPSA) is 52.7 Å². The second-order valence-corrected chi connectivity index (χ2v) is 6.89. The van der Waals surface area contributed by atoms with Crippen LogP contribution in [-0.4, -0.2) is 60.9 Å². The minimum absolute atomic E-state index is 0.182. The normalized spacial score (nSPS) is 21.9. The Hall–Kier alpha value is -1.10. The van der Waals surface area contributed by atoms with Gasteiger partial charge in [0.25, 0.3) is 0 Å². The van der Waals surface area contributed by atoms with Crippen molar-refractivity contribution < 1.29 is 9.59 Å². The number of hydrogen-bond acceptors (Lipinski definition) is 3. The summed E-state index contributed by atoms with van der Waals surface area (Å²) in [6, 6.07) is 0. The maximum Gasteiger partial charge on any atom is 0.228 e. The van der Waals surface area contributed by atoms with E-state index < -0.39 is 0 Å². The second kappa shape index (κ2) is 6.12. The highest BCUT2D eigenvalue weighted by Crippen LogP contribution is 2.20. The Morgan fingerprint density at radius 3 is 1.95 bits per heavy atom. The van der Waals surface area contributed by atoms with Crippen molar-refractivity contribution in [2.75, 3.05) is 39.3 Å². The van der Waals surface area contributed by atoms with Gasteiger partial charge in [-0.1, -0.05) is 20.8 Å². The van der Waals surface area contributed by atoms with Gasteiger partial charge in [-0.25, -0.2) is 0 Å². The summed E-state index contributed by atoms with van der Waals surface area (Å²) in [6.45, 7) is 10.4. The van der Waals surface area contributed by atoms with E-state index in [4.69, 9.17) is 0 Å². The lowest BCUT2D eigenvalue weighted by atomic mass is 9.94. The summed E-state index contributed by atoms with van der Waals surface area (Å²) in [6.07, 6.45) is 1.89. The Morgan fingerprint density at radius 2 is 1.45 bits per heavy atom. The summed E-state index contributed by atoms with van der Waals surface area (Å²) in [5, 5.41) is 3.29. The van der Waals surface area contributed by atoms with Gasteiger partial charge in [-0.15, -0.1) is 0 Å². The quantitative estimate of drug-likeness (QED) is 0.770. The first-order valence-corrected chi connectivity index (χ1v) is 7.68. The van der Waals surface area contributed by atoms with Crippen molar-refractivity contribution in [1.29, 1.82) is 0 Å². The molecule has 0 aromatic heterocycles. The molecule has 2 aliphatic heterocycles. The van der Waals surface area contributed by atoms with Gasteiger partial charge in [0, 0.05) is 37.5 Å². The first-order valence-electron chi connectivity index (χ1n) is 7.68. The van der Waals surface area contributed by atoms with Crippen LogP contribution in [0.4, 0.5) is 0 Å². The zero-order chi connectivity index (χ0) is 14.8. The van der Waals surface area contributed by atoms with Crippen molar-refractivity contribution in [2.24, 2.45) is 11.3 Å². The van der Waals surface area contributed by atoms with E-state index in [1.807, 2.05) is 30.6 Å². The molecular weight excluding hydrogens is 254 g/mol. The molecule has 0 radical (unpaired) electrons. The molecule has 5 heteroatoms. The number of rotatable bonds is 1. The van der Waals surface area contributed by atoms with Crippen molar-refractivity contribution in [3.8, 4) is 0 Å². The molecule has 2 fully saturated rings. The fraction of sp³-hybridized carbons (Fsp3) is 0.867. The number of amides is 2. The van der Waals surface area contributed by atoms with Crippen molar-refractivity contribution >= 4 is 11.8 Å². The molecule has 0 bridgehead atoms. The Labute approximate surface area is 121 Å². The highest BCUT2D eigenvalue weighted by Gasteiger charge is 2.32. The number of nitrogens with zero attached hydrogens (tertiary/aromatic N) is 2. The van der Waals surface area contributed by atoms with Crippen molar-refractivity contribution in [2.45, 2.75) is 33.6 Å². The number of piperazine rings is 1. The van der Waals surface area contributed by atoms with E-state index in [0.717, 1.165) is 25.9 Å². The van der Waals surface area contributed by atoms with Crippen LogP contribution < -0.4 is 5.32 Å². The van der Waals surface area contributed by atoms with E-state index in [-0.39, 0.29) is 23.1 Å². The molecule has 5 nitrogen and oxygen atoms in total. The van der Waals surface area contributed by atoms with Crippen molar-refractivity contribution in [3.63, 3.8) is 0 Å². The van der Waals surface area contributed by atoms with Gasteiger partial charge in [-0.05, 0) is 25.9 Å². The smallest absolute Gasteiger partial charge is 0.228 e. The number of piperidine rings is 1. The molecule has 2 rings (SSSR count). The third-order valence-corrected chi connectivity index (χ3v) is 4.21. The van der Waals surface area contributed by atoms with E-state index in [0.29, 0.717) is 26.2 Å². The summed E-state index contributed by atoms with van der Waals surface area (Å²) in [4.78, 5) is 28.5. The average molecular weight is 281 g/mol. The van der Waals surface area contributed by atoms with E-state index in [1.54, 1.807) is 0 Å². The molecule has 1 N–H and O–H groups in total. The molecule has 2 amide bonds. The molecule has 20 heavy (non-hydrogen) atoms. The molecule has 0 unspecified atom stereocenters. The third-order valence-electron chi connectivity index (χ3n) is 4.21.